The molecule has 22 heavy (non-hydrogen) atoms. The molecule has 2 aliphatic rings. The second kappa shape index (κ2) is 5.24. The van der Waals surface area contributed by atoms with Crippen LogP contribution in [0.25, 0.3) is 11.3 Å². The molecule has 4 rings (SSSR count). The van der Waals surface area contributed by atoms with Crippen molar-refractivity contribution >= 4 is 0 Å². The number of aliphatic hydroxyl groups is 1. The topological polar surface area (TPSA) is 65.1 Å². The molecule has 3 atom stereocenters. The highest BCUT2D eigenvalue weighted by Gasteiger charge is 2.40. The number of hydrogen-bond donors (Lipinski definition) is 1. The third-order valence-corrected chi connectivity index (χ3v) is 4.94. The minimum absolute atomic E-state index is 0.146. The monoisotopic (exact) mass is 294 g/mol. The zero-order valence-electron chi connectivity index (χ0n) is 12.3. The summed E-state index contributed by atoms with van der Waals surface area (Å²) in [6.45, 7) is 1.82. The first-order valence-corrected chi connectivity index (χ1v) is 7.68. The predicted molar refractivity (Wildman–Crippen MR) is 82.0 cm³/mol. The van der Waals surface area contributed by atoms with E-state index >= 15 is 0 Å². The first kappa shape index (κ1) is 13.5. The van der Waals surface area contributed by atoms with Gasteiger partial charge in [-0.2, -0.15) is 5.26 Å². The van der Waals surface area contributed by atoms with E-state index in [-0.39, 0.29) is 12.0 Å². The van der Waals surface area contributed by atoms with E-state index in [9.17, 15) is 5.11 Å². The molecule has 112 valence electrons. The maximum absolute atomic E-state index is 10.6. The number of piperidine rings is 1. The summed E-state index contributed by atoms with van der Waals surface area (Å²) in [4.78, 5) is 6.31. The average molecular weight is 294 g/mol. The standard InChI is InChI=1S/C17H18N4O/c18-6-8-20-7-5-14(16(22)10-20)17-13-4-2-1-3-12(13)15-9-19-11-21(15)17/h1-4,9,11,14,16-17,22H,5,7-8,10H2/t14-,16-,17?/m0/s1. The maximum Gasteiger partial charge on any atom is 0.0956 e. The van der Waals surface area contributed by atoms with Crippen LogP contribution in [0.1, 0.15) is 18.0 Å². The van der Waals surface area contributed by atoms with Gasteiger partial charge < -0.3 is 9.67 Å². The minimum Gasteiger partial charge on any atom is -0.391 e. The molecule has 1 aromatic carbocycles. The number of aromatic nitrogens is 2. The van der Waals surface area contributed by atoms with Gasteiger partial charge in [0.15, 0.2) is 0 Å². The predicted octanol–water partition coefficient (Wildman–Crippen LogP) is 1.66. The van der Waals surface area contributed by atoms with E-state index < -0.39 is 6.10 Å². The van der Waals surface area contributed by atoms with Gasteiger partial charge in [0, 0.05) is 18.0 Å². The van der Waals surface area contributed by atoms with Crippen molar-refractivity contribution in [3.8, 4) is 17.3 Å². The summed E-state index contributed by atoms with van der Waals surface area (Å²) in [5.74, 6) is 0.159. The van der Waals surface area contributed by atoms with Crippen LogP contribution in [0.2, 0.25) is 0 Å². The van der Waals surface area contributed by atoms with Crippen LogP contribution < -0.4 is 0 Å². The van der Waals surface area contributed by atoms with E-state index in [1.807, 2.05) is 23.5 Å². The SMILES string of the molecule is N#CCN1CC[C@H](C2c3ccccc3-c3cncn32)[C@@H](O)C1. The number of imidazole rings is 1. The van der Waals surface area contributed by atoms with Crippen LogP contribution in [-0.2, 0) is 0 Å². The number of β-amino-alcohol motifs (C(OH)–C–C–N with tert-alkyl or cyclic N) is 1. The van der Waals surface area contributed by atoms with Crippen LogP contribution in [0.5, 0.6) is 0 Å². The molecule has 0 saturated carbocycles. The summed E-state index contributed by atoms with van der Waals surface area (Å²) >= 11 is 0. The number of nitriles is 1. The highest BCUT2D eigenvalue weighted by Crippen LogP contribution is 2.45. The maximum atomic E-state index is 10.6. The third-order valence-electron chi connectivity index (χ3n) is 4.94. The number of likely N-dealkylation sites (tertiary alicyclic amines) is 1. The van der Waals surface area contributed by atoms with E-state index in [1.54, 1.807) is 0 Å². The van der Waals surface area contributed by atoms with Gasteiger partial charge in [-0.25, -0.2) is 4.98 Å². The Kier molecular flexibility index (Phi) is 3.21. The molecule has 1 unspecified atom stereocenters. The number of fused-ring (bicyclic) bond motifs is 3. The van der Waals surface area contributed by atoms with Gasteiger partial charge in [0.25, 0.3) is 0 Å². The molecule has 1 N–H and O–H groups in total. The van der Waals surface area contributed by atoms with Crippen molar-refractivity contribution in [2.45, 2.75) is 18.6 Å². The molecule has 0 amide bonds. The lowest BCUT2D eigenvalue weighted by molar-refractivity contribution is 0.0119. The van der Waals surface area contributed by atoms with Crippen molar-refractivity contribution in [2.75, 3.05) is 19.6 Å². The van der Waals surface area contributed by atoms with Crippen LogP contribution in [0, 0.1) is 17.2 Å². The van der Waals surface area contributed by atoms with Gasteiger partial charge in [-0.1, -0.05) is 24.3 Å². The summed E-state index contributed by atoms with van der Waals surface area (Å²) in [5, 5.41) is 19.5. The fraction of sp³-hybridized carbons (Fsp3) is 0.412. The molecule has 5 heteroatoms. The quantitative estimate of drug-likeness (QED) is 0.856. The fourth-order valence-corrected chi connectivity index (χ4v) is 3.94. The average Bonchev–Trinajstić information content (AvgIpc) is 3.09. The number of aliphatic hydroxyl groups excluding tert-OH is 1. The Balaban J connectivity index is 1.68. The smallest absolute Gasteiger partial charge is 0.0956 e. The zero-order valence-corrected chi connectivity index (χ0v) is 12.3. The van der Waals surface area contributed by atoms with E-state index in [4.69, 9.17) is 5.26 Å². The number of rotatable bonds is 2. The Morgan fingerprint density at radius 1 is 1.36 bits per heavy atom. The molecule has 0 bridgehead atoms. The van der Waals surface area contributed by atoms with Crippen LogP contribution in [-0.4, -0.2) is 45.3 Å². The minimum atomic E-state index is -0.423. The number of benzene rings is 1. The van der Waals surface area contributed by atoms with Gasteiger partial charge in [0.1, 0.15) is 0 Å². The second-order valence-electron chi connectivity index (χ2n) is 6.13. The number of hydrogen-bond acceptors (Lipinski definition) is 4. The summed E-state index contributed by atoms with van der Waals surface area (Å²) in [5.41, 5.74) is 3.63. The first-order valence-electron chi connectivity index (χ1n) is 7.68. The van der Waals surface area contributed by atoms with Gasteiger partial charge in [0.05, 0.1) is 43.0 Å². The second-order valence-corrected chi connectivity index (χ2v) is 6.13. The zero-order chi connectivity index (χ0) is 15.1. The highest BCUT2D eigenvalue weighted by atomic mass is 16.3. The third kappa shape index (κ3) is 1.96. The Bertz CT molecular complexity index is 732. The lowest BCUT2D eigenvalue weighted by Crippen LogP contribution is -2.46. The highest BCUT2D eigenvalue weighted by molar-refractivity contribution is 5.69. The molecule has 2 aromatic rings. The Morgan fingerprint density at radius 2 is 2.23 bits per heavy atom. The van der Waals surface area contributed by atoms with E-state index in [0.717, 1.165) is 18.7 Å². The van der Waals surface area contributed by atoms with Crippen molar-refractivity contribution in [1.82, 2.24) is 14.5 Å². The Hall–Kier alpha value is -2.16. The summed E-state index contributed by atoms with van der Waals surface area (Å²) < 4.78 is 2.19. The summed E-state index contributed by atoms with van der Waals surface area (Å²) in [6, 6.07) is 10.7. The molecule has 0 radical (unpaired) electrons. The molecule has 3 heterocycles. The van der Waals surface area contributed by atoms with Gasteiger partial charge in [-0.05, 0) is 18.5 Å². The lowest BCUT2D eigenvalue weighted by atomic mass is 9.83. The van der Waals surface area contributed by atoms with E-state index in [2.05, 4.69) is 33.8 Å². The summed E-state index contributed by atoms with van der Waals surface area (Å²) in [7, 11) is 0. The molecular formula is C17H18N4O. The van der Waals surface area contributed by atoms with Crippen LogP contribution in [0.4, 0.5) is 0 Å². The van der Waals surface area contributed by atoms with E-state index in [0.29, 0.717) is 13.1 Å². The van der Waals surface area contributed by atoms with Crippen molar-refractivity contribution in [3.63, 3.8) is 0 Å². The van der Waals surface area contributed by atoms with E-state index in [1.165, 1.54) is 11.1 Å². The molecule has 0 aliphatic carbocycles. The molecule has 1 saturated heterocycles. The normalized spacial score (nSPS) is 27.2. The van der Waals surface area contributed by atoms with Gasteiger partial charge >= 0.3 is 0 Å². The van der Waals surface area contributed by atoms with Crippen molar-refractivity contribution in [3.05, 3.63) is 42.4 Å². The first-order chi connectivity index (χ1) is 10.8. The Morgan fingerprint density at radius 3 is 3.05 bits per heavy atom. The molecule has 1 aromatic heterocycles. The van der Waals surface area contributed by atoms with Crippen molar-refractivity contribution in [2.24, 2.45) is 5.92 Å². The van der Waals surface area contributed by atoms with Crippen molar-refractivity contribution < 1.29 is 5.11 Å². The van der Waals surface area contributed by atoms with Gasteiger partial charge in [-0.3, -0.25) is 4.90 Å². The summed E-state index contributed by atoms with van der Waals surface area (Å²) in [6.07, 6.45) is 4.23. The Labute approximate surface area is 129 Å². The number of nitrogens with zero attached hydrogens (tertiary/aromatic N) is 4. The van der Waals surface area contributed by atoms with Crippen molar-refractivity contribution in [1.29, 1.82) is 5.26 Å². The van der Waals surface area contributed by atoms with Gasteiger partial charge in [-0.15, -0.1) is 0 Å². The van der Waals surface area contributed by atoms with Crippen LogP contribution in [0.15, 0.2) is 36.8 Å². The molecule has 1 fully saturated rings. The lowest BCUT2D eigenvalue weighted by Gasteiger charge is -2.38. The molecule has 5 nitrogen and oxygen atoms in total. The fourth-order valence-electron chi connectivity index (χ4n) is 3.94. The molecule has 2 aliphatic heterocycles. The largest absolute Gasteiger partial charge is 0.391 e. The van der Waals surface area contributed by atoms with Crippen LogP contribution in [0.3, 0.4) is 0 Å². The van der Waals surface area contributed by atoms with Gasteiger partial charge in [0.2, 0.25) is 0 Å². The molecule has 0 spiro atoms. The molecular weight excluding hydrogens is 276 g/mol. The van der Waals surface area contributed by atoms with Crippen LogP contribution >= 0.6 is 0 Å².